The summed E-state index contributed by atoms with van der Waals surface area (Å²) in [6, 6.07) is 13.2. The highest BCUT2D eigenvalue weighted by molar-refractivity contribution is 7.22. The molecule has 10 nitrogen and oxygen atoms in total. The molecule has 39 heavy (non-hydrogen) atoms. The van der Waals surface area contributed by atoms with Gasteiger partial charge >= 0.3 is 5.91 Å². The average Bonchev–Trinajstić information content (AvgIpc) is 3.46. The van der Waals surface area contributed by atoms with Crippen LogP contribution in [-0.2, 0) is 9.59 Å². The van der Waals surface area contributed by atoms with Gasteiger partial charge in [-0.3, -0.25) is 24.6 Å². The van der Waals surface area contributed by atoms with Crippen LogP contribution in [0, 0.1) is 24.0 Å². The molecule has 2 aliphatic rings. The van der Waals surface area contributed by atoms with Crippen LogP contribution in [0.15, 0.2) is 60.2 Å². The van der Waals surface area contributed by atoms with Crippen LogP contribution in [0.2, 0.25) is 0 Å². The standard InChI is InChI=1S/C28H21N3O7S/c1-14-11-15(2)23-21(12-14)39-28(29-23)30-24(16-3-6-18(7-4-16)31(35)36)22(26(33)27(30)34)25(32)17-5-8-19-20(13-17)38-10-9-37-19/h3-8,11-13,24,32H,9-10H2,1-2H3/b25-22+/t24-/m1/s1. The van der Waals surface area contributed by atoms with E-state index in [4.69, 9.17) is 9.47 Å². The molecule has 0 radical (unpaired) electrons. The normalized spacial score (nSPS) is 18.1. The molecule has 1 saturated heterocycles. The molecule has 2 aliphatic heterocycles. The molecule has 6 rings (SSSR count). The van der Waals surface area contributed by atoms with Crippen molar-refractivity contribution >= 4 is 49.8 Å². The van der Waals surface area contributed by atoms with E-state index in [2.05, 4.69) is 4.98 Å². The number of aliphatic hydroxyl groups excluding tert-OH is 1. The van der Waals surface area contributed by atoms with Gasteiger partial charge in [0.2, 0.25) is 0 Å². The van der Waals surface area contributed by atoms with Gasteiger partial charge in [-0.1, -0.05) is 17.4 Å². The van der Waals surface area contributed by atoms with Crippen molar-refractivity contribution in [3.8, 4) is 11.5 Å². The number of Topliss-reactive ketones (excluding diaryl/α,β-unsaturated/α-hetero) is 1. The zero-order chi connectivity index (χ0) is 27.4. The molecule has 0 aliphatic carbocycles. The zero-order valence-electron chi connectivity index (χ0n) is 20.8. The SMILES string of the molecule is Cc1cc(C)c2nc(N3C(=O)C(=O)/C(=C(/O)c4ccc5c(c4)OCCO5)[C@H]3c3ccc([N+](=O)[O-])cc3)sc2c1. The van der Waals surface area contributed by atoms with Crippen molar-refractivity contribution in [3.63, 3.8) is 0 Å². The number of fused-ring (bicyclic) bond motifs is 2. The first-order valence-electron chi connectivity index (χ1n) is 12.1. The van der Waals surface area contributed by atoms with Crippen LogP contribution in [0.5, 0.6) is 11.5 Å². The van der Waals surface area contributed by atoms with E-state index in [-0.39, 0.29) is 22.0 Å². The van der Waals surface area contributed by atoms with Crippen LogP contribution in [-0.4, -0.2) is 39.9 Å². The number of non-ortho nitro benzene ring substituents is 1. The molecule has 196 valence electrons. The van der Waals surface area contributed by atoms with Gasteiger partial charge < -0.3 is 14.6 Å². The molecule has 4 aromatic rings. The number of anilines is 1. The second-order valence-electron chi connectivity index (χ2n) is 9.30. The van der Waals surface area contributed by atoms with Gasteiger partial charge in [0.05, 0.1) is 26.8 Å². The Balaban J connectivity index is 1.55. The highest BCUT2D eigenvalue weighted by Crippen LogP contribution is 2.45. The maximum atomic E-state index is 13.5. The number of rotatable bonds is 4. The minimum Gasteiger partial charge on any atom is -0.507 e. The summed E-state index contributed by atoms with van der Waals surface area (Å²) in [6.45, 7) is 4.61. The number of ketones is 1. The molecule has 3 heterocycles. The minimum atomic E-state index is -1.07. The number of aliphatic hydroxyl groups is 1. The first-order valence-corrected chi connectivity index (χ1v) is 12.9. The number of aromatic nitrogens is 1. The van der Waals surface area contributed by atoms with Crippen LogP contribution in [0.4, 0.5) is 10.8 Å². The molecular formula is C28H21N3O7S. The van der Waals surface area contributed by atoms with Crippen LogP contribution >= 0.6 is 11.3 Å². The number of nitro benzene ring substituents is 1. The number of amides is 1. The summed E-state index contributed by atoms with van der Waals surface area (Å²) >= 11 is 1.26. The summed E-state index contributed by atoms with van der Waals surface area (Å²) in [4.78, 5) is 43.7. The van der Waals surface area contributed by atoms with E-state index in [0.717, 1.165) is 15.8 Å². The molecule has 11 heteroatoms. The number of nitrogens with zero attached hydrogens (tertiary/aromatic N) is 3. The van der Waals surface area contributed by atoms with Crippen molar-refractivity contribution < 1.29 is 29.1 Å². The summed E-state index contributed by atoms with van der Waals surface area (Å²) in [6.07, 6.45) is 0. The predicted molar refractivity (Wildman–Crippen MR) is 144 cm³/mol. The van der Waals surface area contributed by atoms with E-state index in [1.807, 2.05) is 26.0 Å². The second kappa shape index (κ2) is 9.21. The van der Waals surface area contributed by atoms with Crippen LogP contribution in [0.3, 0.4) is 0 Å². The molecule has 1 aromatic heterocycles. The van der Waals surface area contributed by atoms with E-state index >= 15 is 0 Å². The first-order chi connectivity index (χ1) is 18.7. The molecule has 3 aromatic carbocycles. The van der Waals surface area contributed by atoms with E-state index < -0.39 is 28.4 Å². The Bertz CT molecular complexity index is 1730. The number of aryl methyl sites for hydroxylation is 2. The number of ether oxygens (including phenoxy) is 2. The molecular weight excluding hydrogens is 522 g/mol. The molecule has 0 spiro atoms. The molecule has 1 N–H and O–H groups in total. The molecule has 1 amide bonds. The Labute approximate surface area is 225 Å². The fourth-order valence-electron chi connectivity index (χ4n) is 4.93. The number of hydrogen-bond donors (Lipinski definition) is 1. The topological polar surface area (TPSA) is 132 Å². The summed E-state index contributed by atoms with van der Waals surface area (Å²) < 4.78 is 12.0. The lowest BCUT2D eigenvalue weighted by Crippen LogP contribution is -2.29. The van der Waals surface area contributed by atoms with Crippen molar-refractivity contribution in [2.24, 2.45) is 0 Å². The van der Waals surface area contributed by atoms with Crippen LogP contribution in [0.1, 0.15) is 28.3 Å². The Morgan fingerprint density at radius 3 is 2.49 bits per heavy atom. The van der Waals surface area contributed by atoms with Gasteiger partial charge in [0, 0.05) is 17.7 Å². The Morgan fingerprint density at radius 1 is 1.05 bits per heavy atom. The van der Waals surface area contributed by atoms with E-state index in [0.29, 0.717) is 35.8 Å². The van der Waals surface area contributed by atoms with Crippen LogP contribution < -0.4 is 14.4 Å². The van der Waals surface area contributed by atoms with Crippen molar-refractivity contribution in [2.45, 2.75) is 19.9 Å². The maximum absolute atomic E-state index is 13.5. The van der Waals surface area contributed by atoms with E-state index in [9.17, 15) is 24.8 Å². The Hall–Kier alpha value is -4.77. The minimum absolute atomic E-state index is 0.145. The lowest BCUT2D eigenvalue weighted by atomic mass is 9.95. The zero-order valence-corrected chi connectivity index (χ0v) is 21.7. The number of nitro groups is 1. The smallest absolute Gasteiger partial charge is 0.301 e. The van der Waals surface area contributed by atoms with Crippen LogP contribution in [0.25, 0.3) is 16.0 Å². The Morgan fingerprint density at radius 2 is 1.77 bits per heavy atom. The fourth-order valence-corrected chi connectivity index (χ4v) is 6.10. The van der Waals surface area contributed by atoms with Crippen molar-refractivity contribution in [1.29, 1.82) is 0 Å². The molecule has 0 unspecified atom stereocenters. The maximum Gasteiger partial charge on any atom is 0.301 e. The Kier molecular flexibility index (Phi) is 5.80. The monoisotopic (exact) mass is 543 g/mol. The van der Waals surface area contributed by atoms with Gasteiger partial charge in [0.1, 0.15) is 19.0 Å². The number of hydrogen-bond acceptors (Lipinski definition) is 9. The highest BCUT2D eigenvalue weighted by atomic mass is 32.1. The van der Waals surface area contributed by atoms with Gasteiger partial charge in [-0.05, 0) is 66.9 Å². The third-order valence-corrected chi connectivity index (χ3v) is 7.71. The fraction of sp³-hybridized carbons (Fsp3) is 0.179. The predicted octanol–water partition coefficient (Wildman–Crippen LogP) is 5.22. The number of carbonyl (C=O) groups excluding carboxylic acids is 2. The summed E-state index contributed by atoms with van der Waals surface area (Å²) in [7, 11) is 0. The average molecular weight is 544 g/mol. The van der Waals surface area contributed by atoms with Crippen molar-refractivity contribution in [3.05, 3.63) is 92.5 Å². The second-order valence-corrected chi connectivity index (χ2v) is 10.3. The molecule has 1 atom stereocenters. The van der Waals surface area contributed by atoms with Gasteiger partial charge in [-0.2, -0.15) is 0 Å². The molecule has 1 fully saturated rings. The quantitative estimate of drug-likeness (QED) is 0.122. The number of thiazole rings is 1. The number of carbonyl (C=O) groups is 2. The highest BCUT2D eigenvalue weighted by Gasteiger charge is 2.48. The summed E-state index contributed by atoms with van der Waals surface area (Å²) in [5.74, 6) is -1.23. The van der Waals surface area contributed by atoms with Gasteiger partial charge in [0.25, 0.3) is 11.5 Å². The van der Waals surface area contributed by atoms with E-state index in [1.54, 1.807) is 18.2 Å². The van der Waals surface area contributed by atoms with Gasteiger partial charge in [-0.15, -0.1) is 0 Å². The van der Waals surface area contributed by atoms with Crippen molar-refractivity contribution in [2.75, 3.05) is 18.1 Å². The first kappa shape index (κ1) is 24.6. The largest absolute Gasteiger partial charge is 0.507 e. The van der Waals surface area contributed by atoms with Gasteiger partial charge in [0.15, 0.2) is 16.6 Å². The van der Waals surface area contributed by atoms with Crippen molar-refractivity contribution in [1.82, 2.24) is 4.98 Å². The number of benzene rings is 3. The summed E-state index contributed by atoms with van der Waals surface area (Å²) in [5, 5.41) is 23.0. The molecule has 0 saturated carbocycles. The van der Waals surface area contributed by atoms with Gasteiger partial charge in [-0.25, -0.2) is 4.98 Å². The molecule has 0 bridgehead atoms. The lowest BCUT2D eigenvalue weighted by Gasteiger charge is -2.23. The third kappa shape index (κ3) is 4.07. The third-order valence-electron chi connectivity index (χ3n) is 6.70. The summed E-state index contributed by atoms with van der Waals surface area (Å²) in [5.41, 5.74) is 3.03. The lowest BCUT2D eigenvalue weighted by molar-refractivity contribution is -0.384. The van der Waals surface area contributed by atoms with E-state index in [1.165, 1.54) is 40.5 Å².